The van der Waals surface area contributed by atoms with E-state index in [4.69, 9.17) is 9.47 Å². The second kappa shape index (κ2) is 12.7. The molecule has 0 unspecified atom stereocenters. The number of carboxylic acids is 1. The molecule has 0 spiro atoms. The molecule has 0 bridgehead atoms. The molecule has 7 nitrogen and oxygen atoms in total. The van der Waals surface area contributed by atoms with E-state index in [1.54, 1.807) is 13.8 Å². The van der Waals surface area contributed by atoms with Crippen LogP contribution < -0.4 is 5.32 Å². The van der Waals surface area contributed by atoms with Gasteiger partial charge in [-0.2, -0.15) is 0 Å². The minimum Gasteiger partial charge on any atom is -0.481 e. The molecule has 272 valence electrons. The lowest BCUT2D eigenvalue weighted by Crippen LogP contribution is -2.69. The van der Waals surface area contributed by atoms with Crippen molar-refractivity contribution < 1.29 is 24.2 Å². The van der Waals surface area contributed by atoms with Crippen LogP contribution in [-0.4, -0.2) is 73.0 Å². The van der Waals surface area contributed by atoms with Crippen molar-refractivity contribution in [2.24, 2.45) is 56.7 Å². The maximum atomic E-state index is 13.3. The van der Waals surface area contributed by atoms with Crippen molar-refractivity contribution in [2.45, 2.75) is 138 Å². The first-order valence-corrected chi connectivity index (χ1v) is 19.5. The number of carbonyl (C=O) groups excluding carboxylic acids is 1. The quantitative estimate of drug-likeness (QED) is 0.192. The number of nitrogens with zero attached hydrogens (tertiary/aromatic N) is 1. The predicted molar refractivity (Wildman–Crippen MR) is 190 cm³/mol. The molecular formula is C41H68N2O5. The molecule has 48 heavy (non-hydrogen) atoms. The van der Waals surface area contributed by atoms with Gasteiger partial charge in [0.2, 0.25) is 0 Å². The van der Waals surface area contributed by atoms with Gasteiger partial charge in [0.25, 0.3) is 0 Å². The third-order valence-corrected chi connectivity index (χ3v) is 16.4. The first-order chi connectivity index (χ1) is 22.4. The summed E-state index contributed by atoms with van der Waals surface area (Å²) < 4.78 is 11.9. The van der Waals surface area contributed by atoms with Crippen molar-refractivity contribution in [3.63, 3.8) is 0 Å². The topological polar surface area (TPSA) is 88.1 Å². The van der Waals surface area contributed by atoms with Crippen molar-refractivity contribution in [1.82, 2.24) is 10.2 Å². The highest BCUT2D eigenvalue weighted by atomic mass is 16.5. The standard InChI is InChI=1S/C41H68N2O5/c1-27(2)28-12-17-41(42-20-21-43-22-24-47-25-23-43)19-18-39(8)29(34(28)41)10-11-31-38(7)15-14-32(48-35(46)36(3,4)26-33(44)45)37(5,6)30(38)13-16-40(31,39)9/h28-32,34,42H,1,10-26H2,2-9H3,(H,44,45)/t28-,29+,30-,31+,32-,34+,38-,39+,40+,41-/m0/s1. The van der Waals surface area contributed by atoms with Gasteiger partial charge in [-0.1, -0.05) is 46.8 Å². The number of allylic oxidation sites excluding steroid dienone is 1. The van der Waals surface area contributed by atoms with E-state index in [9.17, 15) is 14.7 Å². The summed E-state index contributed by atoms with van der Waals surface area (Å²) in [5.74, 6) is 1.75. The molecule has 0 aromatic heterocycles. The zero-order chi connectivity index (χ0) is 34.9. The number of fused-ring (bicyclic) bond motifs is 7. The minimum absolute atomic E-state index is 0.163. The lowest BCUT2D eigenvalue weighted by molar-refractivity contribution is -0.247. The fourth-order valence-corrected chi connectivity index (χ4v) is 13.7. The van der Waals surface area contributed by atoms with E-state index in [0.717, 1.165) is 52.2 Å². The number of hydrogen-bond donors (Lipinski definition) is 2. The molecule has 1 aliphatic heterocycles. The lowest BCUT2D eigenvalue weighted by atomic mass is 9.32. The Morgan fingerprint density at radius 3 is 2.29 bits per heavy atom. The Hall–Kier alpha value is -1.44. The second-order valence-electron chi connectivity index (χ2n) is 19.4. The van der Waals surface area contributed by atoms with Crippen molar-refractivity contribution >= 4 is 11.9 Å². The molecule has 5 saturated carbocycles. The highest BCUT2D eigenvalue weighted by molar-refractivity contribution is 5.82. The Morgan fingerprint density at radius 1 is 0.917 bits per heavy atom. The van der Waals surface area contributed by atoms with Crippen LogP contribution in [-0.2, 0) is 19.1 Å². The monoisotopic (exact) mass is 669 g/mol. The molecule has 6 rings (SSSR count). The summed E-state index contributed by atoms with van der Waals surface area (Å²) in [5, 5.41) is 13.7. The molecule has 0 aromatic rings. The van der Waals surface area contributed by atoms with Crippen LogP contribution in [0.25, 0.3) is 0 Å². The molecule has 1 saturated heterocycles. The highest BCUT2D eigenvalue weighted by Gasteiger charge is 2.71. The van der Waals surface area contributed by atoms with Gasteiger partial charge >= 0.3 is 11.9 Å². The number of nitrogens with one attached hydrogen (secondary N) is 1. The smallest absolute Gasteiger partial charge is 0.312 e. The average Bonchev–Trinajstić information content (AvgIpc) is 3.39. The van der Waals surface area contributed by atoms with Crippen LogP contribution in [0.15, 0.2) is 12.2 Å². The van der Waals surface area contributed by atoms with Crippen LogP contribution in [0.3, 0.4) is 0 Å². The summed E-state index contributed by atoms with van der Waals surface area (Å²) in [4.78, 5) is 27.4. The van der Waals surface area contributed by atoms with E-state index < -0.39 is 11.4 Å². The molecule has 0 aromatic carbocycles. The zero-order valence-electron chi connectivity index (χ0n) is 31.7. The Balaban J connectivity index is 1.22. The highest BCUT2D eigenvalue weighted by Crippen LogP contribution is 2.76. The first kappa shape index (κ1) is 36.4. The molecule has 0 amide bonds. The van der Waals surface area contributed by atoms with Crippen LogP contribution >= 0.6 is 0 Å². The maximum absolute atomic E-state index is 13.3. The second-order valence-corrected chi connectivity index (χ2v) is 19.4. The van der Waals surface area contributed by atoms with Gasteiger partial charge in [-0.05, 0) is 131 Å². The maximum Gasteiger partial charge on any atom is 0.312 e. The molecular weight excluding hydrogens is 600 g/mol. The Kier molecular flexibility index (Phi) is 9.58. The molecule has 7 heteroatoms. The van der Waals surface area contributed by atoms with E-state index >= 15 is 0 Å². The number of hydrogen-bond acceptors (Lipinski definition) is 6. The van der Waals surface area contributed by atoms with Crippen LogP contribution in [0.4, 0.5) is 0 Å². The molecule has 2 N–H and O–H groups in total. The van der Waals surface area contributed by atoms with Gasteiger partial charge in [0.05, 0.1) is 25.0 Å². The van der Waals surface area contributed by atoms with Gasteiger partial charge in [0.1, 0.15) is 6.10 Å². The van der Waals surface area contributed by atoms with Gasteiger partial charge in [-0.15, -0.1) is 0 Å². The van der Waals surface area contributed by atoms with E-state index in [1.165, 1.54) is 56.9 Å². The molecule has 6 aliphatic rings. The van der Waals surface area contributed by atoms with Gasteiger partial charge in [0.15, 0.2) is 0 Å². The third kappa shape index (κ3) is 5.72. The number of rotatable bonds is 9. The largest absolute Gasteiger partial charge is 0.481 e. The lowest BCUT2D eigenvalue weighted by Gasteiger charge is -2.73. The number of esters is 1. The molecule has 6 fully saturated rings. The van der Waals surface area contributed by atoms with Crippen molar-refractivity contribution in [2.75, 3.05) is 39.4 Å². The van der Waals surface area contributed by atoms with E-state index in [1.807, 2.05) is 0 Å². The molecule has 1 heterocycles. The van der Waals surface area contributed by atoms with E-state index in [-0.39, 0.29) is 45.7 Å². The SMILES string of the molecule is C=C(C)[C@@H]1CC[C@]2(NCCN3CCOCC3)CC[C@]3(C)[C@H](CC[C@@H]4[C@@]5(C)CC[C@H](OC(=O)C(C)(C)CC(=O)O)C(C)(C)[C@@H]5CC[C@]43C)[C@@H]12. The number of aliphatic carboxylic acids is 1. The molecule has 0 radical (unpaired) electrons. The third-order valence-electron chi connectivity index (χ3n) is 16.4. The normalized spacial score (nSPS) is 44.1. The van der Waals surface area contributed by atoms with Crippen LogP contribution in [0.1, 0.15) is 126 Å². The minimum atomic E-state index is -1.03. The summed E-state index contributed by atoms with van der Waals surface area (Å²) >= 11 is 0. The molecule has 5 aliphatic carbocycles. The summed E-state index contributed by atoms with van der Waals surface area (Å²) in [6.07, 6.45) is 11.7. The fraction of sp³-hybridized carbons (Fsp3) is 0.902. The van der Waals surface area contributed by atoms with Crippen molar-refractivity contribution in [1.29, 1.82) is 0 Å². The molecule has 10 atom stereocenters. The number of carboxylic acid groups (broad SMARTS) is 1. The van der Waals surface area contributed by atoms with E-state index in [2.05, 4.69) is 58.3 Å². The average molecular weight is 669 g/mol. The van der Waals surface area contributed by atoms with Gasteiger partial charge in [0, 0.05) is 37.1 Å². The Bertz CT molecular complexity index is 1260. The van der Waals surface area contributed by atoms with Crippen LogP contribution in [0, 0.1) is 56.7 Å². The summed E-state index contributed by atoms with van der Waals surface area (Å²) in [5.41, 5.74) is 1.18. The van der Waals surface area contributed by atoms with Crippen LogP contribution in [0.5, 0.6) is 0 Å². The zero-order valence-corrected chi connectivity index (χ0v) is 31.7. The van der Waals surface area contributed by atoms with E-state index in [0.29, 0.717) is 29.6 Å². The Morgan fingerprint density at radius 2 is 1.62 bits per heavy atom. The number of morpholine rings is 1. The fourth-order valence-electron chi connectivity index (χ4n) is 13.7. The summed E-state index contributed by atoms with van der Waals surface area (Å²) in [6, 6.07) is 0. The Labute approximate surface area is 291 Å². The predicted octanol–water partition coefficient (Wildman–Crippen LogP) is 7.73. The number of ether oxygens (including phenoxy) is 2. The van der Waals surface area contributed by atoms with Crippen molar-refractivity contribution in [3.05, 3.63) is 12.2 Å². The van der Waals surface area contributed by atoms with Crippen LogP contribution in [0.2, 0.25) is 0 Å². The number of carbonyl (C=O) groups is 2. The van der Waals surface area contributed by atoms with Gasteiger partial charge in [-0.25, -0.2) is 0 Å². The summed E-state index contributed by atoms with van der Waals surface area (Å²) in [7, 11) is 0. The van der Waals surface area contributed by atoms with Crippen molar-refractivity contribution in [3.8, 4) is 0 Å². The van der Waals surface area contributed by atoms with Gasteiger partial charge in [-0.3, -0.25) is 14.5 Å². The summed E-state index contributed by atoms with van der Waals surface area (Å²) in [6.45, 7) is 29.0. The first-order valence-electron chi connectivity index (χ1n) is 19.5. The van der Waals surface area contributed by atoms with Gasteiger partial charge < -0.3 is 19.9 Å².